The normalized spacial score (nSPS) is 11.0. The minimum atomic E-state index is -0.332. The molecule has 3 rings (SSSR count). The van der Waals surface area contributed by atoms with Gasteiger partial charge in [-0.05, 0) is 18.6 Å². The molecule has 130 valence electrons. The summed E-state index contributed by atoms with van der Waals surface area (Å²) in [4.78, 5) is 25.3. The molecule has 0 radical (unpaired) electrons. The summed E-state index contributed by atoms with van der Waals surface area (Å²) in [5.41, 5.74) is 1.75. The van der Waals surface area contributed by atoms with Crippen LogP contribution in [0.2, 0.25) is 0 Å². The Morgan fingerprint density at radius 2 is 2.04 bits per heavy atom. The molecule has 0 aliphatic rings. The van der Waals surface area contributed by atoms with Crippen molar-refractivity contribution < 1.29 is 9.21 Å². The molecule has 1 N–H and O–H groups in total. The summed E-state index contributed by atoms with van der Waals surface area (Å²) in [6.45, 7) is 2.57. The first-order chi connectivity index (χ1) is 12.1. The van der Waals surface area contributed by atoms with Gasteiger partial charge in [-0.2, -0.15) is 5.10 Å². The molecule has 1 amide bonds. The van der Waals surface area contributed by atoms with Crippen LogP contribution in [0.25, 0.3) is 11.0 Å². The third-order valence-corrected chi connectivity index (χ3v) is 4.18. The number of H-pyrrole nitrogens is 1. The van der Waals surface area contributed by atoms with E-state index < -0.39 is 0 Å². The number of hydrogen-bond acceptors (Lipinski definition) is 4. The summed E-state index contributed by atoms with van der Waals surface area (Å²) >= 11 is 0. The number of furan rings is 1. The highest BCUT2D eigenvalue weighted by Gasteiger charge is 2.19. The van der Waals surface area contributed by atoms with Crippen molar-refractivity contribution in [2.45, 2.75) is 32.7 Å². The van der Waals surface area contributed by atoms with Crippen molar-refractivity contribution in [3.8, 4) is 0 Å². The van der Waals surface area contributed by atoms with Crippen LogP contribution in [0, 0.1) is 0 Å². The first-order valence-corrected chi connectivity index (χ1v) is 8.40. The summed E-state index contributed by atoms with van der Waals surface area (Å²) in [5, 5.41) is 7.13. The molecular formula is C19H21N3O3. The maximum atomic E-state index is 12.6. The molecule has 2 heterocycles. The molecule has 0 fully saturated rings. The molecule has 2 aromatic heterocycles. The third-order valence-electron chi connectivity index (χ3n) is 4.18. The van der Waals surface area contributed by atoms with E-state index in [9.17, 15) is 9.59 Å². The first kappa shape index (κ1) is 17.0. The Morgan fingerprint density at radius 3 is 2.76 bits per heavy atom. The van der Waals surface area contributed by atoms with Gasteiger partial charge < -0.3 is 9.32 Å². The molecule has 0 aliphatic heterocycles. The van der Waals surface area contributed by atoms with E-state index in [2.05, 4.69) is 17.1 Å². The van der Waals surface area contributed by atoms with Gasteiger partial charge in [0, 0.05) is 37.0 Å². The van der Waals surface area contributed by atoms with Gasteiger partial charge in [-0.15, -0.1) is 0 Å². The molecule has 1 aromatic carbocycles. The second-order valence-corrected chi connectivity index (χ2v) is 6.07. The predicted octanol–water partition coefficient (Wildman–Crippen LogP) is 3.13. The number of rotatable bonds is 6. The van der Waals surface area contributed by atoms with E-state index in [-0.39, 0.29) is 17.2 Å². The lowest BCUT2D eigenvalue weighted by Crippen LogP contribution is -2.28. The van der Waals surface area contributed by atoms with E-state index >= 15 is 0 Å². The summed E-state index contributed by atoms with van der Waals surface area (Å²) in [5.74, 6) is 0.681. The molecule has 0 atom stereocenters. The van der Waals surface area contributed by atoms with E-state index in [0.29, 0.717) is 6.54 Å². The van der Waals surface area contributed by atoms with Crippen molar-refractivity contribution in [1.29, 1.82) is 0 Å². The smallest absolute Gasteiger partial charge is 0.274 e. The van der Waals surface area contributed by atoms with Crippen molar-refractivity contribution in [2.75, 3.05) is 7.05 Å². The van der Waals surface area contributed by atoms with Crippen LogP contribution < -0.4 is 5.56 Å². The Bertz CT molecular complexity index is 922. The number of carbonyl (C=O) groups excluding carboxylic acids is 1. The van der Waals surface area contributed by atoms with Crippen molar-refractivity contribution >= 4 is 16.9 Å². The van der Waals surface area contributed by atoms with Gasteiger partial charge in [0.2, 0.25) is 0 Å². The lowest BCUT2D eigenvalue weighted by Gasteiger charge is -2.16. The highest BCUT2D eigenvalue weighted by molar-refractivity contribution is 5.92. The van der Waals surface area contributed by atoms with E-state index in [1.54, 1.807) is 11.9 Å². The van der Waals surface area contributed by atoms with Crippen LogP contribution in [0.4, 0.5) is 0 Å². The summed E-state index contributed by atoms with van der Waals surface area (Å²) in [6, 6.07) is 10.6. The van der Waals surface area contributed by atoms with Gasteiger partial charge in [0.15, 0.2) is 0 Å². The average Bonchev–Trinajstić information content (AvgIpc) is 2.97. The van der Waals surface area contributed by atoms with Gasteiger partial charge in [-0.3, -0.25) is 9.59 Å². The maximum absolute atomic E-state index is 12.6. The number of nitrogens with zero attached hydrogens (tertiary/aromatic N) is 2. The number of nitrogens with one attached hydrogen (secondary N) is 1. The van der Waals surface area contributed by atoms with Crippen LogP contribution in [0.15, 0.2) is 45.6 Å². The molecule has 0 spiro atoms. The topological polar surface area (TPSA) is 79.2 Å². The Kier molecular flexibility index (Phi) is 4.97. The molecule has 0 saturated carbocycles. The lowest BCUT2D eigenvalue weighted by atomic mass is 10.1. The maximum Gasteiger partial charge on any atom is 0.274 e. The number of benzene rings is 1. The molecular weight excluding hydrogens is 318 g/mol. The standard InChI is InChI=1S/C19H21N3O3/c1-3-4-8-17-14(13-7-5-6-9-16(13)25-17)12-22(2)19(24)15-10-11-18(23)21-20-15/h5-7,9-11H,3-4,8,12H2,1-2H3,(H,21,23). The van der Waals surface area contributed by atoms with E-state index in [0.717, 1.165) is 41.6 Å². The second kappa shape index (κ2) is 7.34. The largest absolute Gasteiger partial charge is 0.461 e. The molecule has 0 aliphatic carbocycles. The number of amides is 1. The number of fused-ring (bicyclic) bond motifs is 1. The molecule has 0 unspecified atom stereocenters. The van der Waals surface area contributed by atoms with Gasteiger partial charge in [0.25, 0.3) is 11.5 Å². The van der Waals surface area contributed by atoms with Crippen LogP contribution in [0.5, 0.6) is 0 Å². The molecule has 3 aromatic rings. The van der Waals surface area contributed by atoms with E-state index in [1.807, 2.05) is 24.3 Å². The van der Waals surface area contributed by atoms with Gasteiger partial charge >= 0.3 is 0 Å². The zero-order chi connectivity index (χ0) is 17.8. The fourth-order valence-corrected chi connectivity index (χ4v) is 2.83. The van der Waals surface area contributed by atoms with Crippen LogP contribution >= 0.6 is 0 Å². The molecule has 6 nitrogen and oxygen atoms in total. The molecule has 0 saturated heterocycles. The van der Waals surface area contributed by atoms with E-state index in [4.69, 9.17) is 4.42 Å². The van der Waals surface area contributed by atoms with Crippen LogP contribution in [-0.2, 0) is 13.0 Å². The zero-order valence-electron chi connectivity index (χ0n) is 14.4. The summed E-state index contributed by atoms with van der Waals surface area (Å²) in [7, 11) is 1.72. The van der Waals surface area contributed by atoms with Crippen molar-refractivity contribution in [3.05, 3.63) is 63.8 Å². The van der Waals surface area contributed by atoms with Gasteiger partial charge in [-0.25, -0.2) is 5.10 Å². The second-order valence-electron chi connectivity index (χ2n) is 6.07. The fraction of sp³-hybridized carbons (Fsp3) is 0.316. The Labute approximate surface area is 145 Å². The van der Waals surface area contributed by atoms with Gasteiger partial charge in [0.05, 0.1) is 0 Å². The molecule has 6 heteroatoms. The molecule has 0 bridgehead atoms. The summed E-state index contributed by atoms with van der Waals surface area (Å²) < 4.78 is 6.00. The van der Waals surface area contributed by atoms with Crippen LogP contribution in [-0.4, -0.2) is 28.1 Å². The van der Waals surface area contributed by atoms with Crippen LogP contribution in [0.1, 0.15) is 41.6 Å². The highest BCUT2D eigenvalue weighted by atomic mass is 16.3. The Hall–Kier alpha value is -2.89. The number of aromatic nitrogens is 2. The van der Waals surface area contributed by atoms with Crippen molar-refractivity contribution in [1.82, 2.24) is 15.1 Å². The SMILES string of the molecule is CCCCc1oc2ccccc2c1CN(C)C(=O)c1ccc(=O)[nH]n1. The third kappa shape index (κ3) is 3.63. The minimum absolute atomic E-state index is 0.213. The van der Waals surface area contributed by atoms with Crippen molar-refractivity contribution in [2.24, 2.45) is 0 Å². The number of aryl methyl sites for hydroxylation is 1. The predicted molar refractivity (Wildman–Crippen MR) is 95.5 cm³/mol. The molecule has 25 heavy (non-hydrogen) atoms. The Balaban J connectivity index is 1.89. The fourth-order valence-electron chi connectivity index (χ4n) is 2.83. The van der Waals surface area contributed by atoms with Crippen molar-refractivity contribution in [3.63, 3.8) is 0 Å². The number of para-hydroxylation sites is 1. The first-order valence-electron chi connectivity index (χ1n) is 8.40. The van der Waals surface area contributed by atoms with E-state index in [1.165, 1.54) is 12.1 Å². The number of unbranched alkanes of at least 4 members (excludes halogenated alkanes) is 1. The van der Waals surface area contributed by atoms with Crippen LogP contribution in [0.3, 0.4) is 0 Å². The Morgan fingerprint density at radius 1 is 1.24 bits per heavy atom. The minimum Gasteiger partial charge on any atom is -0.461 e. The monoisotopic (exact) mass is 339 g/mol. The lowest BCUT2D eigenvalue weighted by molar-refractivity contribution is 0.0778. The number of hydrogen-bond donors (Lipinski definition) is 1. The average molecular weight is 339 g/mol. The van der Waals surface area contributed by atoms with Gasteiger partial charge in [-0.1, -0.05) is 31.5 Å². The number of aromatic amines is 1. The zero-order valence-corrected chi connectivity index (χ0v) is 14.4. The summed E-state index contributed by atoms with van der Waals surface area (Å²) in [6.07, 6.45) is 2.96. The number of carbonyl (C=O) groups is 1. The quantitative estimate of drug-likeness (QED) is 0.748. The highest BCUT2D eigenvalue weighted by Crippen LogP contribution is 2.28. The van der Waals surface area contributed by atoms with Gasteiger partial charge in [0.1, 0.15) is 17.0 Å².